The number of carbonyl (C=O) groups is 1. The molecule has 2 rings (SSSR count). The minimum absolute atomic E-state index is 0.416. The maximum atomic E-state index is 10.4. The van der Waals surface area contributed by atoms with E-state index in [9.17, 15) is 4.79 Å². The van der Waals surface area contributed by atoms with Crippen molar-refractivity contribution in [1.29, 1.82) is 0 Å². The summed E-state index contributed by atoms with van der Waals surface area (Å²) in [6.07, 6.45) is 0.712. The molecule has 0 N–H and O–H groups in total. The van der Waals surface area contributed by atoms with E-state index in [4.69, 9.17) is 0 Å². The summed E-state index contributed by atoms with van der Waals surface area (Å²) in [5.41, 5.74) is 0.994. The third kappa shape index (κ3) is 1.62. The summed E-state index contributed by atoms with van der Waals surface area (Å²) in [5, 5.41) is 8.80. The maximum Gasteiger partial charge on any atom is 0.180 e. The van der Waals surface area contributed by atoms with Crippen molar-refractivity contribution in [2.45, 2.75) is 0 Å². The quantitative estimate of drug-likeness (QED) is 0.680. The minimum Gasteiger partial charge on any atom is -0.295 e. The van der Waals surface area contributed by atoms with Crippen LogP contribution in [0.1, 0.15) is 9.80 Å². The second-order valence-corrected chi connectivity index (χ2v) is 3.44. The highest BCUT2D eigenvalue weighted by atomic mass is 32.1. The van der Waals surface area contributed by atoms with Gasteiger partial charge in [0, 0.05) is 5.56 Å². The Morgan fingerprint density at radius 3 is 2.54 bits per heavy atom. The highest BCUT2D eigenvalue weighted by Gasteiger charge is 2.03. The van der Waals surface area contributed by atoms with Gasteiger partial charge in [-0.2, -0.15) is 0 Å². The first-order valence-electron chi connectivity index (χ1n) is 3.74. The number of hydrogen-bond acceptors (Lipinski definition) is 4. The first-order chi connectivity index (χ1) is 6.40. The predicted molar refractivity (Wildman–Crippen MR) is 50.7 cm³/mol. The first kappa shape index (κ1) is 8.07. The molecule has 0 aliphatic carbocycles. The van der Waals surface area contributed by atoms with Crippen molar-refractivity contribution in [3.05, 3.63) is 35.3 Å². The van der Waals surface area contributed by atoms with E-state index in [-0.39, 0.29) is 0 Å². The van der Waals surface area contributed by atoms with Gasteiger partial charge in [0.05, 0.1) is 0 Å². The van der Waals surface area contributed by atoms with Crippen LogP contribution in [-0.4, -0.2) is 16.5 Å². The molecule has 0 atom stereocenters. The second-order valence-electron chi connectivity index (χ2n) is 2.43. The number of hydrogen-bond donors (Lipinski definition) is 0. The lowest BCUT2D eigenvalue weighted by Crippen LogP contribution is -1.76. The molecule has 13 heavy (non-hydrogen) atoms. The fourth-order valence-corrected chi connectivity index (χ4v) is 1.64. The van der Waals surface area contributed by atoms with E-state index in [0.717, 1.165) is 10.6 Å². The molecule has 0 amide bonds. The van der Waals surface area contributed by atoms with Gasteiger partial charge in [0.15, 0.2) is 11.3 Å². The van der Waals surface area contributed by atoms with Crippen LogP contribution >= 0.6 is 11.3 Å². The van der Waals surface area contributed by atoms with Crippen LogP contribution in [0.5, 0.6) is 0 Å². The molecule has 0 saturated carbocycles. The third-order valence-corrected chi connectivity index (χ3v) is 2.46. The van der Waals surface area contributed by atoms with E-state index in [1.807, 2.05) is 30.3 Å². The first-order valence-corrected chi connectivity index (χ1v) is 4.56. The molecular weight excluding hydrogens is 184 g/mol. The topological polar surface area (TPSA) is 42.9 Å². The fourth-order valence-electron chi connectivity index (χ4n) is 0.980. The number of benzene rings is 1. The molecule has 3 nitrogen and oxygen atoms in total. The number of rotatable bonds is 2. The average Bonchev–Trinajstić information content (AvgIpc) is 2.67. The van der Waals surface area contributed by atoms with Crippen LogP contribution in [0.3, 0.4) is 0 Å². The Morgan fingerprint density at radius 1 is 1.15 bits per heavy atom. The standard InChI is InChI=1S/C9H6N2OS/c12-6-8-10-11-9(13-8)7-4-2-1-3-5-7/h1-6H. The Morgan fingerprint density at radius 2 is 1.92 bits per heavy atom. The zero-order chi connectivity index (χ0) is 9.10. The Kier molecular flexibility index (Phi) is 2.14. The van der Waals surface area contributed by atoms with Crippen LogP contribution in [0.4, 0.5) is 0 Å². The van der Waals surface area contributed by atoms with Gasteiger partial charge in [-0.3, -0.25) is 4.79 Å². The largest absolute Gasteiger partial charge is 0.295 e. The molecule has 1 aromatic heterocycles. The van der Waals surface area contributed by atoms with Gasteiger partial charge in [-0.15, -0.1) is 10.2 Å². The van der Waals surface area contributed by atoms with Crippen molar-refractivity contribution in [3.63, 3.8) is 0 Å². The lowest BCUT2D eigenvalue weighted by atomic mass is 10.2. The van der Waals surface area contributed by atoms with Crippen molar-refractivity contribution in [2.75, 3.05) is 0 Å². The van der Waals surface area contributed by atoms with Crippen LogP contribution in [0, 0.1) is 0 Å². The highest BCUT2D eigenvalue weighted by molar-refractivity contribution is 7.16. The van der Waals surface area contributed by atoms with Gasteiger partial charge < -0.3 is 0 Å². The zero-order valence-electron chi connectivity index (χ0n) is 6.68. The molecular formula is C9H6N2OS. The monoisotopic (exact) mass is 190 g/mol. The molecule has 0 fully saturated rings. The summed E-state index contributed by atoms with van der Waals surface area (Å²) in [7, 11) is 0. The van der Waals surface area contributed by atoms with Crippen LogP contribution < -0.4 is 0 Å². The molecule has 0 unspecified atom stereocenters. The Labute approximate surface area is 79.1 Å². The molecule has 2 aromatic rings. The van der Waals surface area contributed by atoms with Crippen LogP contribution in [0.15, 0.2) is 30.3 Å². The molecule has 0 radical (unpaired) electrons. The zero-order valence-corrected chi connectivity index (χ0v) is 7.49. The van der Waals surface area contributed by atoms with Gasteiger partial charge in [-0.25, -0.2) is 0 Å². The molecule has 64 valence electrons. The Bertz CT molecular complexity index is 411. The van der Waals surface area contributed by atoms with Gasteiger partial charge >= 0.3 is 0 Å². The second kappa shape index (κ2) is 3.45. The van der Waals surface area contributed by atoms with Crippen molar-refractivity contribution in [1.82, 2.24) is 10.2 Å². The van der Waals surface area contributed by atoms with Gasteiger partial charge in [0.25, 0.3) is 0 Å². The molecule has 0 aliphatic rings. The van der Waals surface area contributed by atoms with E-state index >= 15 is 0 Å². The summed E-state index contributed by atoms with van der Waals surface area (Å²) in [6.45, 7) is 0. The number of carbonyl (C=O) groups excluding carboxylic acids is 1. The van der Waals surface area contributed by atoms with Crippen molar-refractivity contribution in [2.24, 2.45) is 0 Å². The van der Waals surface area contributed by atoms with Gasteiger partial charge in [-0.1, -0.05) is 41.7 Å². The molecule has 4 heteroatoms. The highest BCUT2D eigenvalue weighted by Crippen LogP contribution is 2.21. The van der Waals surface area contributed by atoms with Crippen LogP contribution in [0.2, 0.25) is 0 Å². The Balaban J connectivity index is 2.41. The van der Waals surface area contributed by atoms with Crippen LogP contribution in [-0.2, 0) is 0 Å². The summed E-state index contributed by atoms with van der Waals surface area (Å²) < 4.78 is 0. The third-order valence-electron chi connectivity index (χ3n) is 1.56. The summed E-state index contributed by atoms with van der Waals surface area (Å²) in [6, 6.07) is 9.67. The minimum atomic E-state index is 0.416. The predicted octanol–water partition coefficient (Wildman–Crippen LogP) is 2.02. The lowest BCUT2D eigenvalue weighted by Gasteiger charge is -1.90. The van der Waals surface area contributed by atoms with E-state index in [2.05, 4.69) is 10.2 Å². The molecule has 0 aliphatic heterocycles. The van der Waals surface area contributed by atoms with Crippen molar-refractivity contribution < 1.29 is 4.79 Å². The molecule has 0 bridgehead atoms. The summed E-state index contributed by atoms with van der Waals surface area (Å²) >= 11 is 1.30. The lowest BCUT2D eigenvalue weighted by molar-refractivity contribution is 0.112. The van der Waals surface area contributed by atoms with Crippen molar-refractivity contribution in [3.8, 4) is 10.6 Å². The van der Waals surface area contributed by atoms with Crippen molar-refractivity contribution >= 4 is 17.6 Å². The maximum absolute atomic E-state index is 10.4. The molecule has 0 spiro atoms. The van der Waals surface area contributed by atoms with Gasteiger partial charge in [0.1, 0.15) is 5.01 Å². The fraction of sp³-hybridized carbons (Fsp3) is 0. The van der Waals surface area contributed by atoms with Gasteiger partial charge in [-0.05, 0) is 0 Å². The SMILES string of the molecule is O=Cc1nnc(-c2ccccc2)s1. The smallest absolute Gasteiger partial charge is 0.180 e. The van der Waals surface area contributed by atoms with E-state index in [1.54, 1.807) is 0 Å². The van der Waals surface area contributed by atoms with Gasteiger partial charge in [0.2, 0.25) is 0 Å². The van der Waals surface area contributed by atoms with Crippen LogP contribution in [0.25, 0.3) is 10.6 Å². The van der Waals surface area contributed by atoms with E-state index in [1.165, 1.54) is 11.3 Å². The normalized spacial score (nSPS) is 9.85. The Hall–Kier alpha value is -1.55. The number of nitrogens with zero attached hydrogens (tertiary/aromatic N) is 2. The summed E-state index contributed by atoms with van der Waals surface area (Å²) in [4.78, 5) is 10.4. The average molecular weight is 190 g/mol. The molecule has 0 saturated heterocycles. The number of aldehydes is 1. The van der Waals surface area contributed by atoms with E-state index < -0.39 is 0 Å². The summed E-state index contributed by atoms with van der Waals surface area (Å²) in [5.74, 6) is 0. The molecule has 1 aromatic carbocycles. The van der Waals surface area contributed by atoms with E-state index in [0.29, 0.717) is 11.3 Å². The number of aromatic nitrogens is 2. The molecule has 1 heterocycles.